The van der Waals surface area contributed by atoms with E-state index in [1.807, 2.05) is 30.3 Å². The van der Waals surface area contributed by atoms with E-state index < -0.39 is 30.9 Å². The Morgan fingerprint density at radius 2 is 2.09 bits per heavy atom. The van der Waals surface area contributed by atoms with Crippen molar-refractivity contribution in [2.75, 3.05) is 20.3 Å². The fraction of sp³-hybridized carbons (Fsp3) is 0.529. The van der Waals surface area contributed by atoms with Crippen LogP contribution in [0.1, 0.15) is 11.9 Å². The third-order valence-electron chi connectivity index (χ3n) is 4.02. The van der Waals surface area contributed by atoms with Crippen molar-refractivity contribution in [2.45, 2.75) is 37.0 Å². The molecule has 3 rings (SSSR count). The lowest BCUT2D eigenvalue weighted by atomic mass is 9.97. The predicted octanol–water partition coefficient (Wildman–Crippen LogP) is 1.40. The molecule has 1 N–H and O–H groups in total. The molecule has 0 unspecified atom stereocenters. The molecule has 0 saturated carbocycles. The number of benzene rings is 1. The van der Waals surface area contributed by atoms with E-state index in [9.17, 15) is 5.11 Å². The van der Waals surface area contributed by atoms with Gasteiger partial charge in [0.2, 0.25) is 0 Å². The normalized spacial score (nSPS) is 37.1. The minimum atomic E-state index is -0.948. The van der Waals surface area contributed by atoms with E-state index in [0.717, 1.165) is 5.56 Å². The minimum Gasteiger partial charge on any atom is -0.385 e. The van der Waals surface area contributed by atoms with Crippen LogP contribution < -0.4 is 0 Å². The molecular weight excluding hydrogens is 300 g/mol. The van der Waals surface area contributed by atoms with Gasteiger partial charge in [0.15, 0.2) is 12.6 Å². The fourth-order valence-corrected chi connectivity index (χ4v) is 2.91. The SMILES string of the molecule is C=CCO[C@@H]1[C@H](O)[C@@H](OC)O[C@@H]2CO[C@H](c3ccccc3)O[C@@H]12. The first kappa shape index (κ1) is 16.6. The van der Waals surface area contributed by atoms with Crippen molar-refractivity contribution < 1.29 is 28.8 Å². The Bertz CT molecular complexity index is 507. The van der Waals surface area contributed by atoms with Gasteiger partial charge in [-0.05, 0) is 0 Å². The van der Waals surface area contributed by atoms with Crippen molar-refractivity contribution in [3.8, 4) is 0 Å². The van der Waals surface area contributed by atoms with Crippen LogP contribution in [0.15, 0.2) is 43.0 Å². The van der Waals surface area contributed by atoms with Gasteiger partial charge in [0.25, 0.3) is 0 Å². The first-order valence-electron chi connectivity index (χ1n) is 7.65. The zero-order valence-corrected chi connectivity index (χ0v) is 13.0. The molecule has 0 spiro atoms. The second-order valence-electron chi connectivity index (χ2n) is 5.53. The predicted molar refractivity (Wildman–Crippen MR) is 81.6 cm³/mol. The standard InChI is InChI=1S/C17H22O6/c1-3-9-20-15-13(18)17(19-2)22-12-10-21-16(23-14(12)15)11-7-5-4-6-8-11/h3-8,12-18H,1,9-10H2,2H3/t12-,13+,14-,15-,16+,17+/m1/s1. The molecule has 126 valence electrons. The average molecular weight is 322 g/mol. The van der Waals surface area contributed by atoms with Crippen LogP contribution in [0.2, 0.25) is 0 Å². The molecule has 2 heterocycles. The maximum atomic E-state index is 10.4. The maximum Gasteiger partial charge on any atom is 0.186 e. The summed E-state index contributed by atoms with van der Waals surface area (Å²) in [5.74, 6) is 0. The molecule has 23 heavy (non-hydrogen) atoms. The van der Waals surface area contributed by atoms with Crippen LogP contribution in [0.25, 0.3) is 0 Å². The molecule has 0 bridgehead atoms. The first-order valence-corrected chi connectivity index (χ1v) is 7.65. The Morgan fingerprint density at radius 1 is 1.30 bits per heavy atom. The molecule has 1 aromatic rings. The second kappa shape index (κ2) is 7.53. The smallest absolute Gasteiger partial charge is 0.186 e. The Hall–Kier alpha value is -1.28. The summed E-state index contributed by atoms with van der Waals surface area (Å²) in [6.45, 7) is 4.29. The molecule has 2 saturated heterocycles. The molecule has 0 aromatic heterocycles. The Kier molecular flexibility index (Phi) is 5.42. The lowest BCUT2D eigenvalue weighted by Gasteiger charge is -2.47. The van der Waals surface area contributed by atoms with Crippen LogP contribution in [0.4, 0.5) is 0 Å². The number of aliphatic hydroxyl groups excluding tert-OH is 1. The van der Waals surface area contributed by atoms with Gasteiger partial charge in [-0.25, -0.2) is 0 Å². The molecule has 0 aliphatic carbocycles. The highest BCUT2D eigenvalue weighted by Crippen LogP contribution is 2.35. The summed E-state index contributed by atoms with van der Waals surface area (Å²) in [6, 6.07) is 9.65. The van der Waals surface area contributed by atoms with Crippen molar-refractivity contribution in [1.82, 2.24) is 0 Å². The van der Waals surface area contributed by atoms with Gasteiger partial charge in [-0.15, -0.1) is 6.58 Å². The number of aliphatic hydroxyl groups is 1. The fourth-order valence-electron chi connectivity index (χ4n) is 2.91. The van der Waals surface area contributed by atoms with Gasteiger partial charge in [-0.1, -0.05) is 36.4 Å². The Labute approximate surface area is 135 Å². The lowest BCUT2D eigenvalue weighted by molar-refractivity contribution is -0.362. The number of hydrogen-bond donors (Lipinski definition) is 1. The van der Waals surface area contributed by atoms with E-state index in [-0.39, 0.29) is 6.10 Å². The van der Waals surface area contributed by atoms with Crippen molar-refractivity contribution in [3.05, 3.63) is 48.6 Å². The monoisotopic (exact) mass is 322 g/mol. The molecule has 6 nitrogen and oxygen atoms in total. The molecule has 1 aromatic carbocycles. The number of ether oxygens (including phenoxy) is 5. The Balaban J connectivity index is 1.77. The number of hydrogen-bond acceptors (Lipinski definition) is 6. The van der Waals surface area contributed by atoms with Crippen molar-refractivity contribution >= 4 is 0 Å². The number of rotatable bonds is 5. The van der Waals surface area contributed by atoms with E-state index >= 15 is 0 Å². The highest BCUT2D eigenvalue weighted by Gasteiger charge is 2.50. The molecule has 2 aliphatic rings. The van der Waals surface area contributed by atoms with E-state index in [1.54, 1.807) is 6.08 Å². The summed E-state index contributed by atoms with van der Waals surface area (Å²) >= 11 is 0. The maximum absolute atomic E-state index is 10.4. The molecule has 6 heteroatoms. The third-order valence-corrected chi connectivity index (χ3v) is 4.02. The molecule has 6 atom stereocenters. The van der Waals surface area contributed by atoms with E-state index in [1.165, 1.54) is 7.11 Å². The van der Waals surface area contributed by atoms with Gasteiger partial charge in [0.1, 0.15) is 24.4 Å². The molecule has 0 amide bonds. The van der Waals surface area contributed by atoms with Gasteiger partial charge < -0.3 is 28.8 Å². The van der Waals surface area contributed by atoms with E-state index in [2.05, 4.69) is 6.58 Å². The highest BCUT2D eigenvalue weighted by molar-refractivity contribution is 5.16. The van der Waals surface area contributed by atoms with Gasteiger partial charge in [-0.3, -0.25) is 0 Å². The van der Waals surface area contributed by atoms with Crippen molar-refractivity contribution in [3.63, 3.8) is 0 Å². The summed E-state index contributed by atoms with van der Waals surface area (Å²) in [7, 11) is 1.48. The molecular formula is C17H22O6. The Morgan fingerprint density at radius 3 is 2.78 bits per heavy atom. The molecule has 0 radical (unpaired) electrons. The summed E-state index contributed by atoms with van der Waals surface area (Å²) in [4.78, 5) is 0. The van der Waals surface area contributed by atoms with Gasteiger partial charge in [0, 0.05) is 12.7 Å². The largest absolute Gasteiger partial charge is 0.385 e. The van der Waals surface area contributed by atoms with Crippen LogP contribution in [-0.4, -0.2) is 56.1 Å². The van der Waals surface area contributed by atoms with Crippen LogP contribution >= 0.6 is 0 Å². The van der Waals surface area contributed by atoms with Gasteiger partial charge in [0.05, 0.1) is 13.2 Å². The molecule has 2 fully saturated rings. The first-order chi connectivity index (χ1) is 11.2. The quantitative estimate of drug-likeness (QED) is 0.827. The summed E-state index contributed by atoms with van der Waals surface area (Å²) in [5, 5.41) is 10.4. The summed E-state index contributed by atoms with van der Waals surface area (Å²) in [6.07, 6.45) is -1.99. The van der Waals surface area contributed by atoms with Gasteiger partial charge >= 0.3 is 0 Å². The number of fused-ring (bicyclic) bond motifs is 1. The van der Waals surface area contributed by atoms with Crippen LogP contribution in [-0.2, 0) is 23.7 Å². The topological polar surface area (TPSA) is 66.4 Å². The second-order valence-corrected chi connectivity index (χ2v) is 5.53. The zero-order valence-electron chi connectivity index (χ0n) is 13.0. The molecule has 2 aliphatic heterocycles. The zero-order chi connectivity index (χ0) is 16.2. The highest BCUT2D eigenvalue weighted by atomic mass is 16.8. The van der Waals surface area contributed by atoms with Crippen LogP contribution in [0.3, 0.4) is 0 Å². The van der Waals surface area contributed by atoms with E-state index in [4.69, 9.17) is 23.7 Å². The van der Waals surface area contributed by atoms with Crippen LogP contribution in [0, 0.1) is 0 Å². The van der Waals surface area contributed by atoms with E-state index in [0.29, 0.717) is 13.2 Å². The van der Waals surface area contributed by atoms with Crippen molar-refractivity contribution in [1.29, 1.82) is 0 Å². The average Bonchev–Trinajstić information content (AvgIpc) is 2.61. The summed E-state index contributed by atoms with van der Waals surface area (Å²) in [5.41, 5.74) is 0.914. The van der Waals surface area contributed by atoms with Gasteiger partial charge in [-0.2, -0.15) is 0 Å². The third kappa shape index (κ3) is 3.47. The number of methoxy groups -OCH3 is 1. The minimum absolute atomic E-state index is 0.307. The summed E-state index contributed by atoms with van der Waals surface area (Å²) < 4.78 is 28.4. The lowest BCUT2D eigenvalue weighted by Crippen LogP contribution is -2.62. The van der Waals surface area contributed by atoms with Crippen LogP contribution in [0.5, 0.6) is 0 Å². The van der Waals surface area contributed by atoms with Crippen molar-refractivity contribution in [2.24, 2.45) is 0 Å².